The van der Waals surface area contributed by atoms with Crippen LogP contribution >= 0.6 is 11.6 Å². The SMILES string of the molecule is C=C(/C=C\C(C)=C/C)C(=O)NCCC(=O)O.C=C(c1cc(C)cc(F)c1NC)[C@@H](C)CCCC.CC1C=CC=C(Cl)C1. The van der Waals surface area contributed by atoms with Gasteiger partial charge in [0.05, 0.1) is 12.1 Å². The van der Waals surface area contributed by atoms with E-state index < -0.39 is 5.97 Å². The third kappa shape index (κ3) is 16.2. The molecule has 7 heteroatoms. The summed E-state index contributed by atoms with van der Waals surface area (Å²) in [6, 6.07) is 3.57. The number of hydrogen-bond acceptors (Lipinski definition) is 3. The monoisotopic (exact) mass is 600 g/mol. The van der Waals surface area contributed by atoms with Crippen LogP contribution in [-0.2, 0) is 9.59 Å². The summed E-state index contributed by atoms with van der Waals surface area (Å²) in [6.45, 7) is 20.1. The maximum Gasteiger partial charge on any atom is 0.305 e. The number of aryl methyl sites for hydroxylation is 1. The fourth-order valence-corrected chi connectivity index (χ4v) is 4.11. The van der Waals surface area contributed by atoms with E-state index in [1.54, 1.807) is 25.3 Å². The molecule has 42 heavy (non-hydrogen) atoms. The van der Waals surface area contributed by atoms with Gasteiger partial charge < -0.3 is 15.7 Å². The molecule has 232 valence electrons. The van der Waals surface area contributed by atoms with Gasteiger partial charge in [-0.15, -0.1) is 0 Å². The summed E-state index contributed by atoms with van der Waals surface area (Å²) < 4.78 is 13.9. The van der Waals surface area contributed by atoms with E-state index in [4.69, 9.17) is 16.7 Å². The number of amides is 1. The van der Waals surface area contributed by atoms with Crippen molar-refractivity contribution < 1.29 is 19.1 Å². The molecule has 2 rings (SSSR count). The number of anilines is 1. The minimum Gasteiger partial charge on any atom is -0.481 e. The highest BCUT2D eigenvalue weighted by Crippen LogP contribution is 2.33. The molecule has 0 radical (unpaired) electrons. The van der Waals surface area contributed by atoms with E-state index in [0.717, 1.165) is 40.1 Å². The van der Waals surface area contributed by atoms with E-state index in [1.165, 1.54) is 12.8 Å². The average Bonchev–Trinajstić information content (AvgIpc) is 2.93. The van der Waals surface area contributed by atoms with Crippen molar-refractivity contribution in [3.8, 4) is 0 Å². The molecule has 0 fully saturated rings. The van der Waals surface area contributed by atoms with E-state index in [0.29, 0.717) is 23.1 Å². The summed E-state index contributed by atoms with van der Waals surface area (Å²) in [5.41, 5.74) is 4.78. The van der Waals surface area contributed by atoms with Gasteiger partial charge in [-0.2, -0.15) is 0 Å². The second kappa shape index (κ2) is 21.3. The quantitative estimate of drug-likeness (QED) is 0.165. The number of rotatable bonds is 12. The molecule has 0 saturated heterocycles. The number of carbonyl (C=O) groups excluding carboxylic acids is 1. The summed E-state index contributed by atoms with van der Waals surface area (Å²) in [4.78, 5) is 21.6. The van der Waals surface area contributed by atoms with Gasteiger partial charge in [0.2, 0.25) is 0 Å². The first-order valence-corrected chi connectivity index (χ1v) is 14.8. The summed E-state index contributed by atoms with van der Waals surface area (Å²) >= 11 is 5.72. The van der Waals surface area contributed by atoms with Crippen LogP contribution < -0.4 is 10.6 Å². The Kier molecular flexibility index (Phi) is 19.6. The smallest absolute Gasteiger partial charge is 0.305 e. The molecule has 1 amide bonds. The molecular formula is C35H50ClFN2O3. The van der Waals surface area contributed by atoms with Gasteiger partial charge in [0.1, 0.15) is 5.82 Å². The van der Waals surface area contributed by atoms with Crippen LogP contribution in [0.15, 0.2) is 77.9 Å². The van der Waals surface area contributed by atoms with Gasteiger partial charge in [0, 0.05) is 29.8 Å². The highest BCUT2D eigenvalue weighted by Gasteiger charge is 2.15. The third-order valence-corrected chi connectivity index (χ3v) is 6.85. The Bertz CT molecular complexity index is 1180. The first-order valence-electron chi connectivity index (χ1n) is 14.5. The molecule has 1 aliphatic rings. The van der Waals surface area contributed by atoms with Gasteiger partial charge in [0.15, 0.2) is 0 Å². The second-order valence-corrected chi connectivity index (χ2v) is 10.9. The standard InChI is InChI=1S/C16H24FN.C12H17NO3.C7H9Cl/c1-6-7-8-12(3)13(4)14-9-11(2)10-15(17)16(14)18-5;1-4-9(2)5-6-10(3)12(16)13-8-7-11(14)15;1-6-3-2-4-7(8)5-6/h9-10,12,18H,4,6-8H2,1-3,5H3;4-6H,3,7-8H2,1-2H3,(H,13,16)(H,14,15);2-4,6H,5H2,1H3/b;6-5-,9-4-;/t12-;;/m0../s1. The minimum atomic E-state index is -0.939. The lowest BCUT2D eigenvalue weighted by molar-refractivity contribution is -0.136. The van der Waals surface area contributed by atoms with Crippen LogP contribution in [0, 0.1) is 24.6 Å². The van der Waals surface area contributed by atoms with Crippen molar-refractivity contribution in [2.75, 3.05) is 18.9 Å². The number of halogens is 2. The van der Waals surface area contributed by atoms with Crippen molar-refractivity contribution in [3.63, 3.8) is 0 Å². The lowest BCUT2D eigenvalue weighted by Gasteiger charge is -2.19. The predicted octanol–water partition coefficient (Wildman–Crippen LogP) is 9.38. The van der Waals surface area contributed by atoms with E-state index in [-0.39, 0.29) is 24.7 Å². The van der Waals surface area contributed by atoms with Crippen molar-refractivity contribution in [2.24, 2.45) is 11.8 Å². The summed E-state index contributed by atoms with van der Waals surface area (Å²) in [5.74, 6) is -0.463. The van der Waals surface area contributed by atoms with Crippen molar-refractivity contribution in [1.29, 1.82) is 0 Å². The van der Waals surface area contributed by atoms with Crippen LogP contribution in [0.1, 0.15) is 77.8 Å². The summed E-state index contributed by atoms with van der Waals surface area (Å²) in [7, 11) is 1.75. The second-order valence-electron chi connectivity index (χ2n) is 10.5. The molecule has 0 aromatic heterocycles. The normalized spacial score (nSPS) is 14.9. The van der Waals surface area contributed by atoms with Crippen LogP contribution in [0.5, 0.6) is 0 Å². The number of carboxylic acid groups (broad SMARTS) is 1. The zero-order chi connectivity index (χ0) is 32.2. The van der Waals surface area contributed by atoms with Crippen LogP contribution in [0.2, 0.25) is 0 Å². The van der Waals surface area contributed by atoms with Crippen LogP contribution in [0.3, 0.4) is 0 Å². The fourth-order valence-electron chi connectivity index (χ4n) is 3.79. The lowest BCUT2D eigenvalue weighted by atomic mass is 9.89. The minimum absolute atomic E-state index is 0.0867. The van der Waals surface area contributed by atoms with Crippen LogP contribution in [-0.4, -0.2) is 30.6 Å². The van der Waals surface area contributed by atoms with Gasteiger partial charge in [-0.3, -0.25) is 9.59 Å². The van der Waals surface area contributed by atoms with E-state index in [1.807, 2.05) is 45.1 Å². The van der Waals surface area contributed by atoms with Crippen LogP contribution in [0.25, 0.3) is 5.57 Å². The number of carbonyl (C=O) groups is 2. The number of nitrogens with one attached hydrogen (secondary N) is 2. The van der Waals surface area contributed by atoms with Crippen molar-refractivity contribution >= 4 is 34.7 Å². The molecule has 1 aromatic rings. The third-order valence-electron chi connectivity index (χ3n) is 6.57. The maximum atomic E-state index is 13.9. The van der Waals surface area contributed by atoms with Gasteiger partial charge in [0.25, 0.3) is 5.91 Å². The molecule has 1 aliphatic carbocycles. The average molecular weight is 601 g/mol. The molecule has 1 aromatic carbocycles. The predicted molar refractivity (Wildman–Crippen MR) is 178 cm³/mol. The largest absolute Gasteiger partial charge is 0.481 e. The lowest BCUT2D eigenvalue weighted by Crippen LogP contribution is -2.26. The molecule has 5 nitrogen and oxygen atoms in total. The first kappa shape index (κ1) is 38.6. The summed E-state index contributed by atoms with van der Waals surface area (Å²) in [5, 5.41) is 14.8. The van der Waals surface area contributed by atoms with Crippen molar-refractivity contribution in [3.05, 3.63) is 94.9 Å². The zero-order valence-electron chi connectivity index (χ0n) is 26.4. The van der Waals surface area contributed by atoms with Crippen LogP contribution in [0.4, 0.5) is 10.1 Å². The Morgan fingerprint density at radius 1 is 1.26 bits per heavy atom. The van der Waals surface area contributed by atoms with E-state index in [2.05, 4.69) is 50.6 Å². The molecule has 1 unspecified atom stereocenters. The molecule has 0 aliphatic heterocycles. The van der Waals surface area contributed by atoms with Gasteiger partial charge in [-0.05, 0) is 80.9 Å². The molecule has 0 bridgehead atoms. The highest BCUT2D eigenvalue weighted by atomic mass is 35.5. The number of hydrogen-bond donors (Lipinski definition) is 3. The topological polar surface area (TPSA) is 78.4 Å². The van der Waals surface area contributed by atoms with Gasteiger partial charge >= 0.3 is 5.97 Å². The van der Waals surface area contributed by atoms with Crippen molar-refractivity contribution in [2.45, 2.75) is 73.6 Å². The Hall–Kier alpha value is -3.38. The zero-order valence-corrected chi connectivity index (χ0v) is 27.2. The maximum absolute atomic E-state index is 13.9. The highest BCUT2D eigenvalue weighted by molar-refractivity contribution is 6.29. The Labute approximate surface area is 258 Å². The molecule has 0 saturated carbocycles. The number of aliphatic carboxylic acids is 1. The Balaban J connectivity index is 0.000000641. The molecule has 0 heterocycles. The Morgan fingerprint density at radius 2 is 1.93 bits per heavy atom. The van der Waals surface area contributed by atoms with Gasteiger partial charge in [-0.25, -0.2) is 4.39 Å². The number of allylic oxidation sites excluding steroid dienone is 8. The van der Waals surface area contributed by atoms with Crippen molar-refractivity contribution in [1.82, 2.24) is 5.32 Å². The molecule has 3 N–H and O–H groups in total. The number of unbranched alkanes of at least 4 members (excludes halogenated alkanes) is 1. The summed E-state index contributed by atoms with van der Waals surface area (Å²) in [6.07, 6.45) is 15.8. The molecule has 2 atom stereocenters. The fraction of sp³-hybridized carbons (Fsp3) is 0.429. The van der Waals surface area contributed by atoms with Gasteiger partial charge in [-0.1, -0.05) is 88.2 Å². The number of carboxylic acids is 1. The Morgan fingerprint density at radius 3 is 2.43 bits per heavy atom. The number of benzene rings is 1. The van der Waals surface area contributed by atoms with E-state index in [9.17, 15) is 14.0 Å². The first-order chi connectivity index (χ1) is 19.8. The van der Waals surface area contributed by atoms with E-state index >= 15 is 0 Å². The molecular weight excluding hydrogens is 551 g/mol. The molecule has 0 spiro atoms.